The predicted octanol–water partition coefficient (Wildman–Crippen LogP) is 4.82. The van der Waals surface area contributed by atoms with E-state index in [1.54, 1.807) is 30.3 Å². The summed E-state index contributed by atoms with van der Waals surface area (Å²) in [6.07, 6.45) is 0. The van der Waals surface area contributed by atoms with Crippen LogP contribution >= 0.6 is 0 Å². The molecule has 0 amide bonds. The van der Waals surface area contributed by atoms with Gasteiger partial charge in [0.25, 0.3) is 0 Å². The lowest BCUT2D eigenvalue weighted by Gasteiger charge is -2.11. The largest absolute Gasteiger partial charge is 0.507 e. The highest BCUT2D eigenvalue weighted by Gasteiger charge is 2.17. The van der Waals surface area contributed by atoms with Crippen LogP contribution in [0.25, 0.3) is 21.5 Å². The van der Waals surface area contributed by atoms with Crippen molar-refractivity contribution in [2.24, 2.45) is 0 Å². The maximum atomic E-state index is 12.9. The molecule has 122 valence electrons. The van der Waals surface area contributed by atoms with Crippen molar-refractivity contribution >= 4 is 33.0 Å². The van der Waals surface area contributed by atoms with Crippen LogP contribution in [0.5, 0.6) is 5.75 Å². The van der Waals surface area contributed by atoms with Crippen LogP contribution < -0.4 is 5.73 Å². The minimum absolute atomic E-state index is 0.0189. The van der Waals surface area contributed by atoms with Gasteiger partial charge < -0.3 is 10.8 Å². The molecule has 0 bridgehead atoms. The summed E-state index contributed by atoms with van der Waals surface area (Å²) >= 11 is 0. The molecule has 25 heavy (non-hydrogen) atoms. The van der Waals surface area contributed by atoms with Crippen molar-refractivity contribution in [2.75, 3.05) is 5.73 Å². The molecule has 0 spiro atoms. The van der Waals surface area contributed by atoms with Crippen LogP contribution in [0.15, 0.2) is 66.7 Å². The van der Waals surface area contributed by atoms with Gasteiger partial charge in [0.2, 0.25) is 0 Å². The number of carbonyl (C=O) groups is 1. The fraction of sp³-hybridized carbons (Fsp3) is 0.0455. The number of rotatable bonds is 2. The lowest BCUT2D eigenvalue weighted by atomic mass is 9.94. The number of phenolic OH excluding ortho intramolecular Hbond substituents is 1. The van der Waals surface area contributed by atoms with Crippen LogP contribution in [0.3, 0.4) is 0 Å². The molecule has 0 unspecified atom stereocenters. The van der Waals surface area contributed by atoms with Gasteiger partial charge in [0, 0.05) is 11.3 Å². The van der Waals surface area contributed by atoms with Crippen molar-refractivity contribution in [1.82, 2.24) is 0 Å². The molecule has 0 aliphatic heterocycles. The van der Waals surface area contributed by atoms with Crippen LogP contribution in [-0.4, -0.2) is 10.9 Å². The second kappa shape index (κ2) is 5.64. The number of ketones is 1. The number of anilines is 1. The molecule has 4 rings (SSSR count). The first-order valence-electron chi connectivity index (χ1n) is 8.10. The fourth-order valence-corrected chi connectivity index (χ4v) is 3.21. The van der Waals surface area contributed by atoms with Gasteiger partial charge in [0.1, 0.15) is 5.75 Å². The van der Waals surface area contributed by atoms with Gasteiger partial charge >= 0.3 is 0 Å². The number of hydrogen-bond donors (Lipinski definition) is 2. The Bertz CT molecular complexity index is 1150. The molecule has 3 N–H and O–H groups in total. The van der Waals surface area contributed by atoms with E-state index in [1.165, 1.54) is 0 Å². The average Bonchev–Trinajstić information content (AvgIpc) is 2.61. The first kappa shape index (κ1) is 15.2. The SMILES string of the molecule is Cc1c(N)cccc1C(=O)c1cc2cc3ccccc3cc2cc1O. The summed E-state index contributed by atoms with van der Waals surface area (Å²) in [4.78, 5) is 12.9. The average molecular weight is 327 g/mol. The fourth-order valence-electron chi connectivity index (χ4n) is 3.21. The van der Waals surface area contributed by atoms with Crippen LogP contribution in [0.4, 0.5) is 5.69 Å². The van der Waals surface area contributed by atoms with E-state index in [2.05, 4.69) is 0 Å². The molecule has 3 heteroatoms. The third kappa shape index (κ3) is 2.50. The molecule has 0 atom stereocenters. The molecule has 4 aromatic carbocycles. The van der Waals surface area contributed by atoms with Crippen LogP contribution in [0, 0.1) is 6.92 Å². The first-order valence-corrected chi connectivity index (χ1v) is 8.10. The number of aromatic hydroxyl groups is 1. The molecule has 0 saturated heterocycles. The Labute approximate surface area is 145 Å². The maximum Gasteiger partial charge on any atom is 0.197 e. The molecule has 4 aromatic rings. The second-order valence-corrected chi connectivity index (χ2v) is 6.26. The number of nitrogens with two attached hydrogens (primary N) is 1. The summed E-state index contributed by atoms with van der Waals surface area (Å²) in [6.45, 7) is 1.81. The predicted molar refractivity (Wildman–Crippen MR) is 102 cm³/mol. The molecule has 0 radical (unpaired) electrons. The van der Waals surface area contributed by atoms with E-state index in [1.807, 2.05) is 43.3 Å². The Morgan fingerprint density at radius 1 is 0.800 bits per heavy atom. The minimum atomic E-state index is -0.225. The van der Waals surface area contributed by atoms with Crippen LogP contribution in [-0.2, 0) is 0 Å². The Morgan fingerprint density at radius 3 is 2.12 bits per heavy atom. The summed E-state index contributed by atoms with van der Waals surface area (Å²) in [7, 11) is 0. The number of phenols is 1. The van der Waals surface area contributed by atoms with E-state index >= 15 is 0 Å². The van der Waals surface area contributed by atoms with Gasteiger partial charge in [-0.05, 0) is 64.4 Å². The quantitative estimate of drug-likeness (QED) is 0.315. The number of nitrogen functional groups attached to an aromatic ring is 1. The zero-order valence-corrected chi connectivity index (χ0v) is 13.8. The van der Waals surface area contributed by atoms with Gasteiger partial charge in [-0.1, -0.05) is 36.4 Å². The van der Waals surface area contributed by atoms with Crippen molar-refractivity contribution in [3.8, 4) is 5.75 Å². The number of benzene rings is 4. The van der Waals surface area contributed by atoms with E-state index in [0.717, 1.165) is 27.1 Å². The van der Waals surface area contributed by atoms with Crippen LogP contribution in [0.2, 0.25) is 0 Å². The minimum Gasteiger partial charge on any atom is -0.507 e. The van der Waals surface area contributed by atoms with Gasteiger partial charge in [-0.2, -0.15) is 0 Å². The van der Waals surface area contributed by atoms with E-state index in [-0.39, 0.29) is 17.1 Å². The smallest absolute Gasteiger partial charge is 0.197 e. The molecule has 0 heterocycles. The summed E-state index contributed by atoms with van der Waals surface area (Å²) in [5, 5.41) is 14.4. The number of hydrogen-bond acceptors (Lipinski definition) is 3. The highest BCUT2D eigenvalue weighted by atomic mass is 16.3. The third-order valence-corrected chi connectivity index (χ3v) is 4.68. The molecule has 3 nitrogen and oxygen atoms in total. The maximum absolute atomic E-state index is 12.9. The van der Waals surface area contributed by atoms with Crippen molar-refractivity contribution in [2.45, 2.75) is 6.92 Å². The van der Waals surface area contributed by atoms with Crippen molar-refractivity contribution in [3.63, 3.8) is 0 Å². The number of carbonyl (C=O) groups excluding carboxylic acids is 1. The standard InChI is InChI=1S/C22H17NO2/c1-13-18(7-4-8-20(13)23)22(25)19-11-16-9-14-5-2-3-6-15(14)10-17(16)12-21(19)24/h2-12,24H,23H2,1H3. The van der Waals surface area contributed by atoms with Gasteiger partial charge in [0.15, 0.2) is 5.78 Å². The van der Waals surface area contributed by atoms with Gasteiger partial charge in [0.05, 0.1) is 5.56 Å². The van der Waals surface area contributed by atoms with E-state index in [4.69, 9.17) is 5.73 Å². The summed E-state index contributed by atoms with van der Waals surface area (Å²) in [5.41, 5.74) is 8.00. The van der Waals surface area contributed by atoms with E-state index in [9.17, 15) is 9.90 Å². The Morgan fingerprint density at radius 2 is 1.44 bits per heavy atom. The lowest BCUT2D eigenvalue weighted by Crippen LogP contribution is -2.06. The Balaban J connectivity index is 1.92. The van der Waals surface area contributed by atoms with Crippen molar-refractivity contribution < 1.29 is 9.90 Å². The molecular weight excluding hydrogens is 310 g/mol. The summed E-state index contributed by atoms with van der Waals surface area (Å²) < 4.78 is 0. The van der Waals surface area contributed by atoms with Crippen LogP contribution in [0.1, 0.15) is 21.5 Å². The highest BCUT2D eigenvalue weighted by Crippen LogP contribution is 2.31. The normalized spacial score (nSPS) is 11.1. The molecule has 0 aliphatic carbocycles. The molecule has 0 fully saturated rings. The monoisotopic (exact) mass is 327 g/mol. The van der Waals surface area contributed by atoms with Gasteiger partial charge in [-0.3, -0.25) is 4.79 Å². The summed E-state index contributed by atoms with van der Waals surface area (Å²) in [6, 6.07) is 20.7. The molecule has 0 saturated carbocycles. The highest BCUT2D eigenvalue weighted by molar-refractivity contribution is 6.14. The first-order chi connectivity index (χ1) is 12.0. The Hall–Kier alpha value is -3.33. The zero-order valence-electron chi connectivity index (χ0n) is 13.8. The topological polar surface area (TPSA) is 63.3 Å². The Kier molecular flexibility index (Phi) is 3.43. The lowest BCUT2D eigenvalue weighted by molar-refractivity contribution is 0.103. The van der Waals surface area contributed by atoms with E-state index < -0.39 is 0 Å². The van der Waals surface area contributed by atoms with Gasteiger partial charge in [-0.25, -0.2) is 0 Å². The molecular formula is C22H17NO2. The summed E-state index contributed by atoms with van der Waals surface area (Å²) in [5.74, 6) is -0.244. The van der Waals surface area contributed by atoms with Gasteiger partial charge in [-0.15, -0.1) is 0 Å². The van der Waals surface area contributed by atoms with Crippen molar-refractivity contribution in [3.05, 3.63) is 83.4 Å². The number of fused-ring (bicyclic) bond motifs is 2. The molecule has 0 aromatic heterocycles. The zero-order chi connectivity index (χ0) is 17.6. The second-order valence-electron chi connectivity index (χ2n) is 6.26. The van der Waals surface area contributed by atoms with Crippen molar-refractivity contribution in [1.29, 1.82) is 0 Å². The van der Waals surface area contributed by atoms with E-state index in [0.29, 0.717) is 11.3 Å². The molecule has 0 aliphatic rings. The third-order valence-electron chi connectivity index (χ3n) is 4.68.